The maximum atomic E-state index is 12.5. The highest BCUT2D eigenvalue weighted by molar-refractivity contribution is 5.83. The Morgan fingerprint density at radius 1 is 1.37 bits per heavy atom. The van der Waals surface area contributed by atoms with Crippen LogP contribution in [0.15, 0.2) is 24.3 Å². The van der Waals surface area contributed by atoms with E-state index in [-0.39, 0.29) is 11.9 Å². The smallest absolute Gasteiger partial charge is 0.265 e. The predicted octanol–water partition coefficient (Wildman–Crippen LogP) is 1.89. The first-order valence-electron chi connectivity index (χ1n) is 6.74. The Hall–Kier alpha value is -2.02. The lowest BCUT2D eigenvalue weighted by molar-refractivity contribution is -0.140. The van der Waals surface area contributed by atoms with Crippen LogP contribution >= 0.6 is 0 Å². The molecular formula is C15H16N2O2. The van der Waals surface area contributed by atoms with E-state index in [0.717, 1.165) is 30.6 Å². The van der Waals surface area contributed by atoms with Crippen molar-refractivity contribution in [2.45, 2.75) is 37.8 Å². The summed E-state index contributed by atoms with van der Waals surface area (Å²) in [6.45, 7) is 0.674. The summed E-state index contributed by atoms with van der Waals surface area (Å²) in [5.41, 5.74) is 1.08. The SMILES string of the molecule is N#CC1CCCCN1C(=O)C1Cc2ccccc2O1. The lowest BCUT2D eigenvalue weighted by Crippen LogP contribution is -2.48. The molecule has 0 bridgehead atoms. The molecule has 0 radical (unpaired) electrons. The van der Waals surface area contributed by atoms with Gasteiger partial charge in [-0.15, -0.1) is 0 Å². The second-order valence-electron chi connectivity index (χ2n) is 5.09. The fourth-order valence-corrected chi connectivity index (χ4v) is 2.83. The Morgan fingerprint density at radius 3 is 3.00 bits per heavy atom. The fourth-order valence-electron chi connectivity index (χ4n) is 2.83. The van der Waals surface area contributed by atoms with Crippen molar-refractivity contribution in [2.24, 2.45) is 0 Å². The molecule has 2 heterocycles. The molecule has 0 aromatic heterocycles. The van der Waals surface area contributed by atoms with E-state index in [0.29, 0.717) is 13.0 Å². The lowest BCUT2D eigenvalue weighted by atomic mass is 10.0. The molecule has 4 nitrogen and oxygen atoms in total. The number of carbonyl (C=O) groups is 1. The van der Waals surface area contributed by atoms with E-state index in [4.69, 9.17) is 10.00 Å². The second-order valence-corrected chi connectivity index (χ2v) is 5.09. The molecular weight excluding hydrogens is 240 g/mol. The summed E-state index contributed by atoms with van der Waals surface area (Å²) in [5, 5.41) is 9.14. The maximum Gasteiger partial charge on any atom is 0.265 e. The molecule has 19 heavy (non-hydrogen) atoms. The van der Waals surface area contributed by atoms with Crippen LogP contribution in [-0.2, 0) is 11.2 Å². The third kappa shape index (κ3) is 2.17. The molecule has 1 aromatic rings. The number of nitrogens with zero attached hydrogens (tertiary/aromatic N) is 2. The molecule has 1 amide bonds. The standard InChI is InChI=1S/C15H16N2O2/c16-10-12-6-3-4-8-17(12)15(18)14-9-11-5-1-2-7-13(11)19-14/h1-2,5,7,12,14H,3-4,6,8-9H2. The molecule has 98 valence electrons. The summed E-state index contributed by atoms with van der Waals surface area (Å²) in [4.78, 5) is 14.2. The zero-order chi connectivity index (χ0) is 13.2. The Morgan fingerprint density at radius 2 is 2.21 bits per heavy atom. The van der Waals surface area contributed by atoms with Gasteiger partial charge in [0.25, 0.3) is 5.91 Å². The topological polar surface area (TPSA) is 53.3 Å². The quantitative estimate of drug-likeness (QED) is 0.771. The highest BCUT2D eigenvalue weighted by atomic mass is 16.5. The number of piperidine rings is 1. The Balaban J connectivity index is 1.74. The summed E-state index contributed by atoms with van der Waals surface area (Å²) < 4.78 is 5.71. The number of benzene rings is 1. The van der Waals surface area contributed by atoms with Gasteiger partial charge >= 0.3 is 0 Å². The van der Waals surface area contributed by atoms with Crippen molar-refractivity contribution >= 4 is 5.91 Å². The van der Waals surface area contributed by atoms with E-state index in [2.05, 4.69) is 6.07 Å². The van der Waals surface area contributed by atoms with E-state index < -0.39 is 6.10 Å². The van der Waals surface area contributed by atoms with E-state index in [1.165, 1.54) is 0 Å². The molecule has 2 atom stereocenters. The van der Waals surface area contributed by atoms with Gasteiger partial charge in [-0.05, 0) is 30.9 Å². The molecule has 0 saturated carbocycles. The van der Waals surface area contributed by atoms with Crippen LogP contribution in [0.2, 0.25) is 0 Å². The third-order valence-electron chi connectivity index (χ3n) is 3.86. The van der Waals surface area contributed by atoms with Gasteiger partial charge < -0.3 is 9.64 Å². The molecule has 0 N–H and O–H groups in total. The predicted molar refractivity (Wildman–Crippen MR) is 69.5 cm³/mol. The van der Waals surface area contributed by atoms with Gasteiger partial charge in [0.1, 0.15) is 11.8 Å². The minimum atomic E-state index is -0.452. The number of nitriles is 1. The zero-order valence-electron chi connectivity index (χ0n) is 10.7. The lowest BCUT2D eigenvalue weighted by Gasteiger charge is -2.32. The van der Waals surface area contributed by atoms with Crippen LogP contribution in [0, 0.1) is 11.3 Å². The summed E-state index contributed by atoms with van der Waals surface area (Å²) in [5.74, 6) is 0.758. The van der Waals surface area contributed by atoms with Crippen LogP contribution in [0.25, 0.3) is 0 Å². The Bertz CT molecular complexity index is 510. The van der Waals surface area contributed by atoms with Gasteiger partial charge in [-0.3, -0.25) is 4.79 Å². The first kappa shape index (κ1) is 12.0. The monoisotopic (exact) mass is 256 g/mol. The molecule has 2 aliphatic heterocycles. The zero-order valence-corrected chi connectivity index (χ0v) is 10.7. The molecule has 2 unspecified atom stereocenters. The van der Waals surface area contributed by atoms with E-state index in [1.807, 2.05) is 24.3 Å². The van der Waals surface area contributed by atoms with Crippen LogP contribution < -0.4 is 4.74 Å². The van der Waals surface area contributed by atoms with Crippen molar-refractivity contribution in [3.05, 3.63) is 29.8 Å². The summed E-state index contributed by atoms with van der Waals surface area (Å²) in [7, 11) is 0. The third-order valence-corrected chi connectivity index (χ3v) is 3.86. The number of hydrogen-bond acceptors (Lipinski definition) is 3. The van der Waals surface area contributed by atoms with E-state index in [9.17, 15) is 4.79 Å². The van der Waals surface area contributed by atoms with Crippen LogP contribution in [0.4, 0.5) is 0 Å². The van der Waals surface area contributed by atoms with Crippen molar-refractivity contribution < 1.29 is 9.53 Å². The minimum absolute atomic E-state index is 0.0394. The largest absolute Gasteiger partial charge is 0.480 e. The van der Waals surface area contributed by atoms with Crippen molar-refractivity contribution in [1.82, 2.24) is 4.90 Å². The van der Waals surface area contributed by atoms with Crippen molar-refractivity contribution in [3.8, 4) is 11.8 Å². The van der Waals surface area contributed by atoms with Crippen LogP contribution in [-0.4, -0.2) is 29.5 Å². The molecule has 3 rings (SSSR count). The Kier molecular flexibility index (Phi) is 3.12. The van der Waals surface area contributed by atoms with Gasteiger partial charge in [0.15, 0.2) is 6.10 Å². The number of para-hydroxylation sites is 1. The number of ether oxygens (including phenoxy) is 1. The van der Waals surface area contributed by atoms with Crippen LogP contribution in [0.5, 0.6) is 5.75 Å². The Labute approximate surface area is 112 Å². The fraction of sp³-hybridized carbons (Fsp3) is 0.467. The minimum Gasteiger partial charge on any atom is -0.480 e. The van der Waals surface area contributed by atoms with E-state index in [1.54, 1.807) is 4.90 Å². The highest BCUT2D eigenvalue weighted by Gasteiger charge is 2.36. The summed E-state index contributed by atoms with van der Waals surface area (Å²) in [6, 6.07) is 9.68. The van der Waals surface area contributed by atoms with Crippen molar-refractivity contribution in [2.75, 3.05) is 6.54 Å². The number of rotatable bonds is 1. The van der Waals surface area contributed by atoms with Crippen LogP contribution in [0.3, 0.4) is 0 Å². The molecule has 4 heteroatoms. The summed E-state index contributed by atoms with van der Waals surface area (Å²) >= 11 is 0. The van der Waals surface area contributed by atoms with Gasteiger partial charge in [0.05, 0.1) is 6.07 Å². The second kappa shape index (κ2) is 4.93. The number of amides is 1. The number of hydrogen-bond donors (Lipinski definition) is 0. The molecule has 0 spiro atoms. The van der Waals surface area contributed by atoms with Gasteiger partial charge in [-0.2, -0.15) is 5.26 Å². The van der Waals surface area contributed by atoms with Crippen LogP contribution in [0.1, 0.15) is 24.8 Å². The summed E-state index contributed by atoms with van der Waals surface area (Å²) in [6.07, 6.45) is 2.94. The number of carbonyl (C=O) groups excluding carboxylic acids is 1. The number of likely N-dealkylation sites (tertiary alicyclic amines) is 1. The van der Waals surface area contributed by atoms with Gasteiger partial charge in [0, 0.05) is 13.0 Å². The van der Waals surface area contributed by atoms with E-state index >= 15 is 0 Å². The maximum absolute atomic E-state index is 12.5. The van der Waals surface area contributed by atoms with Gasteiger partial charge in [-0.25, -0.2) is 0 Å². The van der Waals surface area contributed by atoms with Gasteiger partial charge in [-0.1, -0.05) is 18.2 Å². The molecule has 1 fully saturated rings. The van der Waals surface area contributed by atoms with Gasteiger partial charge in [0.2, 0.25) is 0 Å². The average Bonchev–Trinajstić information content (AvgIpc) is 2.90. The molecule has 0 aliphatic carbocycles. The normalized spacial score (nSPS) is 25.3. The first-order valence-corrected chi connectivity index (χ1v) is 6.74. The number of fused-ring (bicyclic) bond motifs is 1. The first-order chi connectivity index (χ1) is 9.29. The molecule has 1 aromatic carbocycles. The average molecular weight is 256 g/mol. The van der Waals surface area contributed by atoms with Crippen molar-refractivity contribution in [3.63, 3.8) is 0 Å². The molecule has 1 saturated heterocycles. The van der Waals surface area contributed by atoms with Crippen molar-refractivity contribution in [1.29, 1.82) is 5.26 Å². The molecule has 2 aliphatic rings. The highest BCUT2D eigenvalue weighted by Crippen LogP contribution is 2.30.